The van der Waals surface area contributed by atoms with E-state index in [2.05, 4.69) is 29.6 Å². The molecule has 2 aromatic carbocycles. The largest absolute Gasteiger partial charge is 0.481 e. The fraction of sp³-hybridized carbons (Fsp3) is 0.444. The van der Waals surface area contributed by atoms with Gasteiger partial charge in [0.2, 0.25) is 5.91 Å². The normalized spacial score (nSPS) is 17.9. The fourth-order valence-corrected chi connectivity index (χ4v) is 5.13. The molecule has 0 saturated carbocycles. The number of aliphatic carboxylic acids is 1. The molecule has 0 spiro atoms. The average molecular weight is 465 g/mol. The monoisotopic (exact) mass is 464 g/mol. The molecule has 0 bridgehead atoms. The number of carboxylic acids is 1. The summed E-state index contributed by atoms with van der Waals surface area (Å²) in [5.74, 6) is -1.04. The molecule has 1 heterocycles. The number of likely N-dealkylation sites (tertiary alicyclic amines) is 1. The van der Waals surface area contributed by atoms with Crippen LogP contribution in [0.5, 0.6) is 0 Å². The first-order valence-corrected chi connectivity index (χ1v) is 12.0. The summed E-state index contributed by atoms with van der Waals surface area (Å²) >= 11 is 0. The minimum absolute atomic E-state index is 0.0185. The Morgan fingerprint density at radius 2 is 1.68 bits per heavy atom. The van der Waals surface area contributed by atoms with Gasteiger partial charge in [-0.3, -0.25) is 9.59 Å². The maximum absolute atomic E-state index is 12.9. The number of fused-ring (bicyclic) bond motifs is 3. The minimum atomic E-state index is -0.901. The van der Waals surface area contributed by atoms with Gasteiger partial charge in [-0.25, -0.2) is 4.79 Å². The molecule has 4 rings (SSSR count). The van der Waals surface area contributed by atoms with Crippen LogP contribution < -0.4 is 5.32 Å². The average Bonchev–Trinajstić information content (AvgIpc) is 3.39. The van der Waals surface area contributed by atoms with Gasteiger partial charge in [0, 0.05) is 31.0 Å². The molecular weight excluding hydrogens is 432 g/mol. The molecule has 2 atom stereocenters. The van der Waals surface area contributed by atoms with Crippen LogP contribution in [-0.2, 0) is 14.3 Å². The molecule has 7 nitrogen and oxygen atoms in total. The van der Waals surface area contributed by atoms with Gasteiger partial charge in [-0.2, -0.15) is 0 Å². The summed E-state index contributed by atoms with van der Waals surface area (Å²) in [6.45, 7) is 4.67. The molecule has 1 aliphatic heterocycles. The molecule has 2 amide bonds. The first-order valence-electron chi connectivity index (χ1n) is 12.0. The van der Waals surface area contributed by atoms with Crippen LogP contribution in [0.1, 0.15) is 56.6 Å². The van der Waals surface area contributed by atoms with Gasteiger partial charge in [0.1, 0.15) is 6.61 Å². The van der Waals surface area contributed by atoms with Crippen molar-refractivity contribution in [3.8, 4) is 11.1 Å². The number of rotatable bonds is 8. The van der Waals surface area contributed by atoms with Crippen molar-refractivity contribution in [3.05, 3.63) is 59.7 Å². The van der Waals surface area contributed by atoms with Gasteiger partial charge in [-0.15, -0.1) is 0 Å². The molecule has 0 radical (unpaired) electrons. The molecule has 1 fully saturated rings. The van der Waals surface area contributed by atoms with Crippen LogP contribution in [0, 0.1) is 5.92 Å². The van der Waals surface area contributed by atoms with Crippen molar-refractivity contribution in [1.29, 1.82) is 0 Å². The molecule has 7 heteroatoms. The second kappa shape index (κ2) is 10.3. The van der Waals surface area contributed by atoms with Crippen molar-refractivity contribution in [2.24, 2.45) is 5.92 Å². The number of carboxylic acid groups (broad SMARTS) is 1. The van der Waals surface area contributed by atoms with E-state index in [4.69, 9.17) is 9.84 Å². The van der Waals surface area contributed by atoms with Gasteiger partial charge < -0.3 is 20.1 Å². The lowest BCUT2D eigenvalue weighted by molar-refractivity contribution is -0.140. The summed E-state index contributed by atoms with van der Waals surface area (Å²) in [4.78, 5) is 38.4. The second-order valence-electron chi connectivity index (χ2n) is 9.51. The lowest BCUT2D eigenvalue weighted by Crippen LogP contribution is -2.45. The highest BCUT2D eigenvalue weighted by Gasteiger charge is 2.33. The number of hydrogen-bond donors (Lipinski definition) is 2. The highest BCUT2D eigenvalue weighted by atomic mass is 16.5. The van der Waals surface area contributed by atoms with Crippen molar-refractivity contribution >= 4 is 18.0 Å². The predicted molar refractivity (Wildman–Crippen MR) is 128 cm³/mol. The predicted octanol–water partition coefficient (Wildman–Crippen LogP) is 4.41. The Hall–Kier alpha value is -3.35. The molecule has 2 aliphatic rings. The van der Waals surface area contributed by atoms with E-state index in [1.807, 2.05) is 38.1 Å². The SMILES string of the molecule is CC(C)C(CC(=O)N1CCC[C@@H]1CC(=O)O)NC(=O)OCC1c2ccccc2-c2ccccc21. The highest BCUT2D eigenvalue weighted by molar-refractivity contribution is 5.80. The number of alkyl carbamates (subject to hydrolysis) is 1. The fourth-order valence-electron chi connectivity index (χ4n) is 5.13. The smallest absolute Gasteiger partial charge is 0.407 e. The van der Waals surface area contributed by atoms with Gasteiger partial charge in [0.05, 0.1) is 6.42 Å². The van der Waals surface area contributed by atoms with E-state index in [-0.39, 0.29) is 43.2 Å². The van der Waals surface area contributed by atoms with Crippen LogP contribution in [0.25, 0.3) is 11.1 Å². The third-order valence-corrected chi connectivity index (χ3v) is 6.95. The number of nitrogens with one attached hydrogen (secondary N) is 1. The Labute approximate surface area is 200 Å². The van der Waals surface area contributed by atoms with E-state index in [0.29, 0.717) is 13.0 Å². The van der Waals surface area contributed by atoms with E-state index in [9.17, 15) is 14.4 Å². The second-order valence-corrected chi connectivity index (χ2v) is 9.51. The number of carbonyl (C=O) groups is 3. The standard InChI is InChI=1S/C27H32N2O5/c1-17(2)24(15-25(30)29-13-7-8-18(29)14-26(31)32)28-27(33)34-16-23-21-11-5-3-9-19(21)20-10-4-6-12-22(20)23/h3-6,9-12,17-18,23-24H,7-8,13-16H2,1-2H3,(H,28,33)(H,31,32)/t18-,24?/m1/s1. The van der Waals surface area contributed by atoms with Crippen LogP contribution in [0.3, 0.4) is 0 Å². The maximum Gasteiger partial charge on any atom is 0.407 e. The Morgan fingerprint density at radius 3 is 2.26 bits per heavy atom. The Morgan fingerprint density at radius 1 is 1.06 bits per heavy atom. The van der Waals surface area contributed by atoms with E-state index < -0.39 is 18.1 Å². The van der Waals surface area contributed by atoms with Crippen LogP contribution in [0.2, 0.25) is 0 Å². The molecule has 1 saturated heterocycles. The minimum Gasteiger partial charge on any atom is -0.481 e. The molecular formula is C27H32N2O5. The molecule has 34 heavy (non-hydrogen) atoms. The van der Waals surface area contributed by atoms with Gasteiger partial charge in [-0.05, 0) is 41.0 Å². The lowest BCUT2D eigenvalue weighted by atomic mass is 9.98. The van der Waals surface area contributed by atoms with Gasteiger partial charge in [0.15, 0.2) is 0 Å². The third-order valence-electron chi connectivity index (χ3n) is 6.95. The van der Waals surface area contributed by atoms with E-state index in [1.54, 1.807) is 4.90 Å². The van der Waals surface area contributed by atoms with Crippen molar-refractivity contribution < 1.29 is 24.2 Å². The molecule has 2 N–H and O–H groups in total. The van der Waals surface area contributed by atoms with Crippen molar-refractivity contribution in [3.63, 3.8) is 0 Å². The van der Waals surface area contributed by atoms with E-state index >= 15 is 0 Å². The van der Waals surface area contributed by atoms with Crippen molar-refractivity contribution in [2.45, 2.75) is 57.5 Å². The number of amides is 2. The van der Waals surface area contributed by atoms with Crippen LogP contribution >= 0.6 is 0 Å². The first-order chi connectivity index (χ1) is 16.3. The zero-order valence-corrected chi connectivity index (χ0v) is 19.7. The zero-order chi connectivity index (χ0) is 24.2. The van der Waals surface area contributed by atoms with Gasteiger partial charge in [-0.1, -0.05) is 62.4 Å². The van der Waals surface area contributed by atoms with Gasteiger partial charge in [0.25, 0.3) is 0 Å². The van der Waals surface area contributed by atoms with E-state index in [0.717, 1.165) is 17.5 Å². The summed E-state index contributed by atoms with van der Waals surface area (Å²) < 4.78 is 5.65. The molecule has 1 unspecified atom stereocenters. The summed E-state index contributed by atoms with van der Waals surface area (Å²) in [6.07, 6.45) is 1.03. The number of carbonyl (C=O) groups excluding carboxylic acids is 2. The molecule has 2 aromatic rings. The summed E-state index contributed by atoms with van der Waals surface area (Å²) in [5, 5.41) is 12.0. The third kappa shape index (κ3) is 5.08. The Bertz CT molecular complexity index is 1020. The van der Waals surface area contributed by atoms with E-state index in [1.165, 1.54) is 11.1 Å². The van der Waals surface area contributed by atoms with Gasteiger partial charge >= 0.3 is 12.1 Å². The summed E-state index contributed by atoms with van der Waals surface area (Å²) in [7, 11) is 0. The highest BCUT2D eigenvalue weighted by Crippen LogP contribution is 2.44. The van der Waals surface area contributed by atoms with Crippen molar-refractivity contribution in [2.75, 3.05) is 13.2 Å². The topological polar surface area (TPSA) is 95.9 Å². The molecule has 0 aromatic heterocycles. The summed E-state index contributed by atoms with van der Waals surface area (Å²) in [6, 6.07) is 15.7. The molecule has 180 valence electrons. The quantitative estimate of drug-likeness (QED) is 0.604. The zero-order valence-electron chi connectivity index (χ0n) is 19.7. The number of hydrogen-bond acceptors (Lipinski definition) is 4. The maximum atomic E-state index is 12.9. The lowest BCUT2D eigenvalue weighted by Gasteiger charge is -2.28. The van der Waals surface area contributed by atoms with Crippen LogP contribution in [0.15, 0.2) is 48.5 Å². The number of ether oxygens (including phenoxy) is 1. The number of benzene rings is 2. The Kier molecular flexibility index (Phi) is 7.20. The first kappa shape index (κ1) is 23.8. The van der Waals surface area contributed by atoms with Crippen LogP contribution in [-0.4, -0.2) is 53.2 Å². The van der Waals surface area contributed by atoms with Crippen LogP contribution in [0.4, 0.5) is 4.79 Å². The van der Waals surface area contributed by atoms with Crippen molar-refractivity contribution in [1.82, 2.24) is 10.2 Å². The summed E-state index contributed by atoms with van der Waals surface area (Å²) in [5.41, 5.74) is 4.62. The number of nitrogens with zero attached hydrogens (tertiary/aromatic N) is 1. The molecule has 1 aliphatic carbocycles. The Balaban J connectivity index is 1.37.